The smallest absolute Gasteiger partial charge is 0.315 e. The minimum absolute atomic E-state index is 0.102. The SMILES string of the molecule is Cc1nc(CCNC(=O)NC2CCCCC2O)cs1. The van der Waals surface area contributed by atoms with Crippen LogP contribution in [-0.4, -0.2) is 34.8 Å². The van der Waals surface area contributed by atoms with E-state index in [0.717, 1.165) is 42.8 Å². The van der Waals surface area contributed by atoms with E-state index in [1.807, 2.05) is 12.3 Å². The summed E-state index contributed by atoms with van der Waals surface area (Å²) in [4.78, 5) is 16.0. The number of amides is 2. The van der Waals surface area contributed by atoms with E-state index in [4.69, 9.17) is 0 Å². The zero-order valence-corrected chi connectivity index (χ0v) is 12.0. The average Bonchev–Trinajstić information content (AvgIpc) is 2.78. The first-order valence-electron chi connectivity index (χ1n) is 6.78. The normalized spacial score (nSPS) is 23.1. The van der Waals surface area contributed by atoms with Gasteiger partial charge in [-0.15, -0.1) is 11.3 Å². The standard InChI is InChI=1S/C13H21N3O2S/c1-9-15-10(8-19-9)6-7-14-13(18)16-11-4-2-3-5-12(11)17/h8,11-12,17H,2-7H2,1H3,(H2,14,16,18). The number of aliphatic hydroxyl groups excluding tert-OH is 1. The lowest BCUT2D eigenvalue weighted by Gasteiger charge is -2.28. The minimum Gasteiger partial charge on any atom is -0.391 e. The molecular weight excluding hydrogens is 262 g/mol. The van der Waals surface area contributed by atoms with E-state index in [0.29, 0.717) is 6.54 Å². The molecule has 1 aromatic heterocycles. The maximum atomic E-state index is 11.7. The Balaban J connectivity index is 1.66. The first-order chi connectivity index (χ1) is 9.15. The molecule has 2 amide bonds. The van der Waals surface area contributed by atoms with Gasteiger partial charge >= 0.3 is 6.03 Å². The lowest BCUT2D eigenvalue weighted by atomic mass is 9.93. The molecule has 2 rings (SSSR count). The third-order valence-electron chi connectivity index (χ3n) is 3.38. The molecule has 0 spiro atoms. The second-order valence-electron chi connectivity index (χ2n) is 4.97. The van der Waals surface area contributed by atoms with Gasteiger partial charge in [0, 0.05) is 18.3 Å². The van der Waals surface area contributed by atoms with E-state index in [-0.39, 0.29) is 12.1 Å². The average molecular weight is 283 g/mol. The third-order valence-corrected chi connectivity index (χ3v) is 4.20. The van der Waals surface area contributed by atoms with Crippen LogP contribution in [0.1, 0.15) is 36.4 Å². The minimum atomic E-state index is -0.402. The molecule has 19 heavy (non-hydrogen) atoms. The molecule has 0 bridgehead atoms. The van der Waals surface area contributed by atoms with Gasteiger partial charge in [-0.3, -0.25) is 0 Å². The first-order valence-corrected chi connectivity index (χ1v) is 7.66. The molecule has 1 heterocycles. The van der Waals surface area contributed by atoms with Gasteiger partial charge < -0.3 is 15.7 Å². The van der Waals surface area contributed by atoms with E-state index in [9.17, 15) is 9.90 Å². The molecule has 3 N–H and O–H groups in total. The van der Waals surface area contributed by atoms with Crippen LogP contribution in [0.4, 0.5) is 4.79 Å². The van der Waals surface area contributed by atoms with Crippen LogP contribution in [0.15, 0.2) is 5.38 Å². The summed E-state index contributed by atoms with van der Waals surface area (Å²) in [7, 11) is 0. The van der Waals surface area contributed by atoms with Crippen molar-refractivity contribution in [3.8, 4) is 0 Å². The van der Waals surface area contributed by atoms with Crippen molar-refractivity contribution in [3.63, 3.8) is 0 Å². The molecule has 0 saturated heterocycles. The van der Waals surface area contributed by atoms with Crippen LogP contribution in [0.3, 0.4) is 0 Å². The molecule has 0 radical (unpaired) electrons. The van der Waals surface area contributed by atoms with Gasteiger partial charge in [0.2, 0.25) is 0 Å². The van der Waals surface area contributed by atoms with Crippen molar-refractivity contribution in [1.29, 1.82) is 0 Å². The molecule has 106 valence electrons. The number of aryl methyl sites for hydroxylation is 1. The summed E-state index contributed by atoms with van der Waals surface area (Å²) < 4.78 is 0. The molecule has 5 nitrogen and oxygen atoms in total. The van der Waals surface area contributed by atoms with Crippen LogP contribution in [-0.2, 0) is 6.42 Å². The molecule has 2 unspecified atom stereocenters. The van der Waals surface area contributed by atoms with E-state index in [2.05, 4.69) is 15.6 Å². The highest BCUT2D eigenvalue weighted by molar-refractivity contribution is 7.09. The van der Waals surface area contributed by atoms with Gasteiger partial charge in [-0.05, 0) is 19.8 Å². The number of aliphatic hydroxyl groups is 1. The number of carbonyl (C=O) groups excluding carboxylic acids is 1. The maximum absolute atomic E-state index is 11.7. The summed E-state index contributed by atoms with van der Waals surface area (Å²) in [6, 6.07) is -0.298. The summed E-state index contributed by atoms with van der Waals surface area (Å²) in [5, 5.41) is 18.5. The summed E-state index contributed by atoms with van der Waals surface area (Å²) in [5.41, 5.74) is 1.01. The van der Waals surface area contributed by atoms with Crippen LogP contribution in [0.25, 0.3) is 0 Å². The molecule has 2 atom stereocenters. The predicted octanol–water partition coefficient (Wildman–Crippen LogP) is 1.60. The second-order valence-corrected chi connectivity index (χ2v) is 6.03. The molecule has 1 aliphatic rings. The Morgan fingerprint density at radius 2 is 2.32 bits per heavy atom. The summed E-state index contributed by atoms with van der Waals surface area (Å²) >= 11 is 1.62. The second kappa shape index (κ2) is 6.86. The molecule has 1 aliphatic carbocycles. The Hall–Kier alpha value is -1.14. The third kappa shape index (κ3) is 4.47. The van der Waals surface area contributed by atoms with Gasteiger partial charge in [-0.2, -0.15) is 0 Å². The van der Waals surface area contributed by atoms with E-state index in [1.165, 1.54) is 0 Å². The van der Waals surface area contributed by atoms with Gasteiger partial charge in [0.25, 0.3) is 0 Å². The van der Waals surface area contributed by atoms with E-state index in [1.54, 1.807) is 11.3 Å². The van der Waals surface area contributed by atoms with Crippen molar-refractivity contribution < 1.29 is 9.90 Å². The number of nitrogens with one attached hydrogen (secondary N) is 2. The predicted molar refractivity (Wildman–Crippen MR) is 75.4 cm³/mol. The molecular formula is C13H21N3O2S. The fourth-order valence-corrected chi connectivity index (χ4v) is 2.97. The summed E-state index contributed by atoms with van der Waals surface area (Å²) in [6.45, 7) is 2.54. The maximum Gasteiger partial charge on any atom is 0.315 e. The number of aromatic nitrogens is 1. The van der Waals surface area contributed by atoms with Crippen molar-refractivity contribution in [2.45, 2.75) is 51.2 Å². The van der Waals surface area contributed by atoms with Crippen molar-refractivity contribution in [3.05, 3.63) is 16.1 Å². The Morgan fingerprint density at radius 3 is 3.00 bits per heavy atom. The van der Waals surface area contributed by atoms with Crippen molar-refractivity contribution in [1.82, 2.24) is 15.6 Å². The first kappa shape index (κ1) is 14.3. The van der Waals surface area contributed by atoms with Crippen LogP contribution in [0, 0.1) is 6.92 Å². The number of urea groups is 1. The Morgan fingerprint density at radius 1 is 1.53 bits per heavy atom. The fraction of sp³-hybridized carbons (Fsp3) is 0.692. The molecule has 0 aliphatic heterocycles. The lowest BCUT2D eigenvalue weighted by Crippen LogP contribution is -2.49. The quantitative estimate of drug-likeness (QED) is 0.785. The fourth-order valence-electron chi connectivity index (χ4n) is 2.33. The molecule has 1 fully saturated rings. The molecule has 6 heteroatoms. The molecule has 1 saturated carbocycles. The van der Waals surface area contributed by atoms with Gasteiger partial charge in [-0.25, -0.2) is 9.78 Å². The van der Waals surface area contributed by atoms with Gasteiger partial charge in [0.05, 0.1) is 22.8 Å². The molecule has 1 aromatic rings. The number of thiazole rings is 1. The van der Waals surface area contributed by atoms with Crippen molar-refractivity contribution in [2.24, 2.45) is 0 Å². The highest BCUT2D eigenvalue weighted by Gasteiger charge is 2.24. The number of rotatable bonds is 4. The Labute approximate surface area is 117 Å². The van der Waals surface area contributed by atoms with Crippen molar-refractivity contribution >= 4 is 17.4 Å². The highest BCUT2D eigenvalue weighted by atomic mass is 32.1. The van der Waals surface area contributed by atoms with Gasteiger partial charge in [-0.1, -0.05) is 12.8 Å². The summed E-state index contributed by atoms with van der Waals surface area (Å²) in [6.07, 6.45) is 4.10. The van der Waals surface area contributed by atoms with E-state index < -0.39 is 6.10 Å². The number of hydrogen-bond donors (Lipinski definition) is 3. The zero-order valence-electron chi connectivity index (χ0n) is 11.2. The number of carbonyl (C=O) groups is 1. The molecule has 0 aromatic carbocycles. The highest BCUT2D eigenvalue weighted by Crippen LogP contribution is 2.18. The van der Waals surface area contributed by atoms with Gasteiger partial charge in [0.1, 0.15) is 0 Å². The monoisotopic (exact) mass is 283 g/mol. The van der Waals surface area contributed by atoms with Crippen LogP contribution >= 0.6 is 11.3 Å². The largest absolute Gasteiger partial charge is 0.391 e. The lowest BCUT2D eigenvalue weighted by molar-refractivity contribution is 0.0943. The van der Waals surface area contributed by atoms with Crippen LogP contribution < -0.4 is 10.6 Å². The van der Waals surface area contributed by atoms with E-state index >= 15 is 0 Å². The Kier molecular flexibility index (Phi) is 5.15. The summed E-state index contributed by atoms with van der Waals surface area (Å²) in [5.74, 6) is 0. The van der Waals surface area contributed by atoms with Crippen molar-refractivity contribution in [2.75, 3.05) is 6.54 Å². The number of hydrogen-bond acceptors (Lipinski definition) is 4. The number of nitrogens with zero attached hydrogens (tertiary/aromatic N) is 1. The Bertz CT molecular complexity index is 422. The van der Waals surface area contributed by atoms with Gasteiger partial charge in [0.15, 0.2) is 0 Å². The topological polar surface area (TPSA) is 74.2 Å². The zero-order chi connectivity index (χ0) is 13.7. The van der Waals surface area contributed by atoms with Crippen LogP contribution in [0.5, 0.6) is 0 Å². The van der Waals surface area contributed by atoms with Crippen LogP contribution in [0.2, 0.25) is 0 Å².